The van der Waals surface area contributed by atoms with Gasteiger partial charge in [0.1, 0.15) is 5.75 Å². The van der Waals surface area contributed by atoms with Crippen LogP contribution in [0.15, 0.2) is 24.3 Å². The highest BCUT2D eigenvalue weighted by atomic mass is 16.5. The number of carbonyl (C=O) groups excluding carboxylic acids is 3. The molecule has 8 nitrogen and oxygen atoms in total. The van der Waals surface area contributed by atoms with Gasteiger partial charge in [0.2, 0.25) is 5.91 Å². The average Bonchev–Trinajstić information content (AvgIpc) is 3.09. The Kier molecular flexibility index (Phi) is 6.97. The summed E-state index contributed by atoms with van der Waals surface area (Å²) in [4.78, 5) is 41.0. The maximum Gasteiger partial charge on any atom is 0.312 e. The molecule has 0 radical (unpaired) electrons. The predicted octanol–water partition coefficient (Wildman–Crippen LogP) is 2.01. The van der Waals surface area contributed by atoms with Crippen LogP contribution in [0, 0.1) is 5.92 Å². The molecule has 0 unspecified atom stereocenters. The lowest BCUT2D eigenvalue weighted by atomic mass is 10.1. The summed E-state index contributed by atoms with van der Waals surface area (Å²) < 4.78 is 16.5. The van der Waals surface area contributed by atoms with E-state index >= 15 is 0 Å². The summed E-state index contributed by atoms with van der Waals surface area (Å²) in [7, 11) is 0. The van der Waals surface area contributed by atoms with Crippen LogP contribution in [-0.2, 0) is 23.9 Å². The number of rotatable bonds is 6. The number of ether oxygens (including phenoxy) is 3. The van der Waals surface area contributed by atoms with E-state index in [2.05, 4.69) is 0 Å². The molecular weight excluding hydrogens is 388 g/mol. The quantitative estimate of drug-likeness (QED) is 0.657. The zero-order valence-electron chi connectivity index (χ0n) is 18.0. The van der Waals surface area contributed by atoms with E-state index in [1.54, 1.807) is 41.0 Å². The van der Waals surface area contributed by atoms with Crippen molar-refractivity contribution >= 4 is 23.5 Å². The lowest BCUT2D eigenvalue weighted by Gasteiger charge is -2.36. The Morgan fingerprint density at radius 3 is 2.37 bits per heavy atom. The van der Waals surface area contributed by atoms with Crippen LogP contribution in [0.1, 0.15) is 34.1 Å². The van der Waals surface area contributed by atoms with Crippen molar-refractivity contribution in [2.45, 2.75) is 52.4 Å². The van der Waals surface area contributed by atoms with Gasteiger partial charge in [-0.3, -0.25) is 14.4 Å². The third kappa shape index (κ3) is 5.11. The standard InChI is InChI=1S/C22H30N2O6/c1-5-28-19-8-6-18(7-9-19)24-13-17(10-20(24)25)22(27)30-16(4)21(26)23-11-14(2)29-15(3)12-23/h6-9,14-17H,5,10-13H2,1-4H3/t14-,15-,16-,17-/m1/s1. The van der Waals surface area contributed by atoms with Crippen LogP contribution in [0.5, 0.6) is 5.75 Å². The Bertz CT molecular complexity index is 770. The summed E-state index contributed by atoms with van der Waals surface area (Å²) in [5.41, 5.74) is 0.708. The second kappa shape index (κ2) is 9.47. The summed E-state index contributed by atoms with van der Waals surface area (Å²) >= 11 is 0. The molecule has 1 aromatic rings. The van der Waals surface area contributed by atoms with E-state index in [0.29, 0.717) is 25.4 Å². The first kappa shape index (κ1) is 22.1. The molecule has 2 fully saturated rings. The van der Waals surface area contributed by atoms with E-state index < -0.39 is 18.0 Å². The van der Waals surface area contributed by atoms with Gasteiger partial charge in [-0.15, -0.1) is 0 Å². The fourth-order valence-electron chi connectivity index (χ4n) is 3.94. The highest BCUT2D eigenvalue weighted by Crippen LogP contribution is 2.28. The van der Waals surface area contributed by atoms with Crippen LogP contribution < -0.4 is 9.64 Å². The molecule has 30 heavy (non-hydrogen) atoms. The van der Waals surface area contributed by atoms with Gasteiger partial charge in [0, 0.05) is 31.7 Å². The van der Waals surface area contributed by atoms with Crippen molar-refractivity contribution in [2.24, 2.45) is 5.92 Å². The highest BCUT2D eigenvalue weighted by Gasteiger charge is 2.38. The summed E-state index contributed by atoms with van der Waals surface area (Å²) in [6.45, 7) is 9.04. The fraction of sp³-hybridized carbons (Fsp3) is 0.591. The van der Waals surface area contributed by atoms with Crippen LogP contribution in [0.25, 0.3) is 0 Å². The molecule has 2 aliphatic rings. The van der Waals surface area contributed by atoms with Crippen LogP contribution in [-0.4, -0.2) is 67.2 Å². The van der Waals surface area contributed by atoms with Gasteiger partial charge in [-0.05, 0) is 52.0 Å². The molecule has 0 spiro atoms. The first-order chi connectivity index (χ1) is 14.3. The van der Waals surface area contributed by atoms with Crippen molar-refractivity contribution in [2.75, 3.05) is 31.1 Å². The summed E-state index contributed by atoms with van der Waals surface area (Å²) in [5, 5.41) is 0. The first-order valence-electron chi connectivity index (χ1n) is 10.5. The van der Waals surface area contributed by atoms with Gasteiger partial charge in [0.05, 0.1) is 24.7 Å². The lowest BCUT2D eigenvalue weighted by Crippen LogP contribution is -2.51. The molecule has 2 aliphatic heterocycles. The molecule has 0 N–H and O–H groups in total. The number of benzene rings is 1. The van der Waals surface area contributed by atoms with E-state index in [0.717, 1.165) is 5.75 Å². The normalized spacial score (nSPS) is 25.2. The molecule has 0 aliphatic carbocycles. The van der Waals surface area contributed by atoms with Gasteiger partial charge in [-0.25, -0.2) is 0 Å². The number of amides is 2. The summed E-state index contributed by atoms with van der Waals surface area (Å²) in [6.07, 6.45) is -0.949. The molecule has 2 heterocycles. The molecule has 0 bridgehead atoms. The van der Waals surface area contributed by atoms with E-state index in [9.17, 15) is 14.4 Å². The molecule has 3 rings (SSSR count). The Labute approximate surface area is 177 Å². The maximum atomic E-state index is 12.7. The number of hydrogen-bond donors (Lipinski definition) is 0. The van der Waals surface area contributed by atoms with Crippen molar-refractivity contribution in [1.82, 2.24) is 4.90 Å². The molecule has 8 heteroatoms. The van der Waals surface area contributed by atoms with Crippen molar-refractivity contribution in [3.05, 3.63) is 24.3 Å². The lowest BCUT2D eigenvalue weighted by molar-refractivity contribution is -0.166. The van der Waals surface area contributed by atoms with Crippen molar-refractivity contribution in [3.8, 4) is 5.75 Å². The van der Waals surface area contributed by atoms with Gasteiger partial charge < -0.3 is 24.0 Å². The van der Waals surface area contributed by atoms with E-state index in [1.165, 1.54) is 0 Å². The number of hydrogen-bond acceptors (Lipinski definition) is 6. The average molecular weight is 418 g/mol. The van der Waals surface area contributed by atoms with E-state index in [4.69, 9.17) is 14.2 Å². The van der Waals surface area contributed by atoms with E-state index in [-0.39, 0.29) is 37.0 Å². The second-order valence-corrected chi connectivity index (χ2v) is 7.91. The maximum absolute atomic E-state index is 12.7. The van der Waals surface area contributed by atoms with Crippen LogP contribution in [0.3, 0.4) is 0 Å². The highest BCUT2D eigenvalue weighted by molar-refractivity contribution is 5.99. The molecule has 0 saturated carbocycles. The smallest absolute Gasteiger partial charge is 0.312 e. The third-order valence-corrected chi connectivity index (χ3v) is 5.29. The molecular formula is C22H30N2O6. The Morgan fingerprint density at radius 2 is 1.77 bits per heavy atom. The van der Waals surface area contributed by atoms with Crippen molar-refractivity contribution in [1.29, 1.82) is 0 Å². The van der Waals surface area contributed by atoms with Gasteiger partial charge in [0.25, 0.3) is 5.91 Å². The van der Waals surface area contributed by atoms with Gasteiger partial charge in [0.15, 0.2) is 6.10 Å². The zero-order chi connectivity index (χ0) is 21.8. The Morgan fingerprint density at radius 1 is 1.13 bits per heavy atom. The second-order valence-electron chi connectivity index (χ2n) is 7.91. The minimum Gasteiger partial charge on any atom is -0.494 e. The molecule has 4 atom stereocenters. The summed E-state index contributed by atoms with van der Waals surface area (Å²) in [5.74, 6) is -0.772. The largest absolute Gasteiger partial charge is 0.494 e. The van der Waals surface area contributed by atoms with Gasteiger partial charge >= 0.3 is 5.97 Å². The van der Waals surface area contributed by atoms with Gasteiger partial charge in [-0.1, -0.05) is 0 Å². The number of anilines is 1. The van der Waals surface area contributed by atoms with Crippen molar-refractivity contribution in [3.63, 3.8) is 0 Å². The minimum absolute atomic E-state index is 0.0595. The topological polar surface area (TPSA) is 85.4 Å². The minimum atomic E-state index is -0.898. The summed E-state index contributed by atoms with van der Waals surface area (Å²) in [6, 6.07) is 7.18. The van der Waals surface area contributed by atoms with Crippen LogP contribution >= 0.6 is 0 Å². The molecule has 164 valence electrons. The SMILES string of the molecule is CCOc1ccc(N2C[C@H](C(=O)O[C@H](C)C(=O)N3C[C@@H](C)O[C@H](C)C3)CC2=O)cc1. The molecule has 0 aromatic heterocycles. The number of morpholine rings is 1. The number of nitrogens with zero attached hydrogens (tertiary/aromatic N) is 2. The van der Waals surface area contributed by atoms with Gasteiger partial charge in [-0.2, -0.15) is 0 Å². The molecule has 2 amide bonds. The fourth-order valence-corrected chi connectivity index (χ4v) is 3.94. The Hall–Kier alpha value is -2.61. The van der Waals surface area contributed by atoms with Crippen LogP contribution in [0.2, 0.25) is 0 Å². The predicted molar refractivity (Wildman–Crippen MR) is 110 cm³/mol. The molecule has 1 aromatic carbocycles. The zero-order valence-corrected chi connectivity index (χ0v) is 18.0. The molecule has 2 saturated heterocycles. The third-order valence-electron chi connectivity index (χ3n) is 5.29. The number of carbonyl (C=O) groups is 3. The monoisotopic (exact) mass is 418 g/mol. The Balaban J connectivity index is 1.56. The van der Waals surface area contributed by atoms with Crippen molar-refractivity contribution < 1.29 is 28.6 Å². The van der Waals surface area contributed by atoms with E-state index in [1.807, 2.05) is 20.8 Å². The first-order valence-corrected chi connectivity index (χ1v) is 10.5. The van der Waals surface area contributed by atoms with Crippen LogP contribution in [0.4, 0.5) is 5.69 Å². The number of esters is 1.